The van der Waals surface area contributed by atoms with Crippen LogP contribution in [0.25, 0.3) is 11.3 Å². The highest BCUT2D eigenvalue weighted by atomic mass is 35.5. The summed E-state index contributed by atoms with van der Waals surface area (Å²) in [4.78, 5) is 10.4. The third-order valence-electron chi connectivity index (χ3n) is 4.36. The van der Waals surface area contributed by atoms with E-state index in [0.717, 1.165) is 11.4 Å². The zero-order valence-corrected chi connectivity index (χ0v) is 16.4. The lowest BCUT2D eigenvalue weighted by molar-refractivity contribution is -0.384. The van der Waals surface area contributed by atoms with Crippen molar-refractivity contribution in [2.75, 3.05) is 5.01 Å². The highest BCUT2D eigenvalue weighted by Crippen LogP contribution is 2.32. The van der Waals surface area contributed by atoms with Crippen LogP contribution >= 0.6 is 11.6 Å². The average Bonchev–Trinajstić information content (AvgIpc) is 3.24. The molecule has 1 aromatic heterocycles. The van der Waals surface area contributed by atoms with Crippen LogP contribution in [0.15, 0.2) is 101 Å². The molecule has 0 unspecified atom stereocenters. The van der Waals surface area contributed by atoms with Gasteiger partial charge in [-0.3, -0.25) is 10.1 Å². The Kier molecular flexibility index (Phi) is 5.59. The van der Waals surface area contributed by atoms with Crippen LogP contribution in [0.5, 0.6) is 0 Å². The van der Waals surface area contributed by atoms with Crippen LogP contribution in [0.2, 0.25) is 5.02 Å². The van der Waals surface area contributed by atoms with Gasteiger partial charge in [-0.25, -0.2) is 5.01 Å². The number of para-hydroxylation sites is 2. The lowest BCUT2D eigenvalue weighted by Gasteiger charge is -2.18. The van der Waals surface area contributed by atoms with Crippen LogP contribution in [0.1, 0.15) is 5.76 Å². The van der Waals surface area contributed by atoms with Crippen LogP contribution in [0.4, 0.5) is 17.1 Å². The minimum absolute atomic E-state index is 0.0709. The van der Waals surface area contributed by atoms with Crippen molar-refractivity contribution in [3.05, 3.63) is 112 Å². The molecule has 0 aliphatic carbocycles. The third-order valence-corrected chi connectivity index (χ3v) is 4.67. The van der Waals surface area contributed by atoms with Gasteiger partial charge in [0.2, 0.25) is 0 Å². The van der Waals surface area contributed by atoms with E-state index in [1.165, 1.54) is 12.1 Å². The van der Waals surface area contributed by atoms with E-state index in [0.29, 0.717) is 17.1 Å². The Balaban J connectivity index is 1.62. The van der Waals surface area contributed by atoms with Crippen molar-refractivity contribution >= 4 is 34.9 Å². The second kappa shape index (κ2) is 8.63. The van der Waals surface area contributed by atoms with E-state index in [-0.39, 0.29) is 10.7 Å². The van der Waals surface area contributed by atoms with E-state index >= 15 is 0 Å². The number of nitro benzene ring substituents is 1. The maximum atomic E-state index is 10.9. The molecular formula is C23H16ClN3O3. The Bertz CT molecular complexity index is 1150. The minimum atomic E-state index is -0.488. The van der Waals surface area contributed by atoms with Crippen LogP contribution in [-0.2, 0) is 0 Å². The number of hydrogen-bond donors (Lipinski definition) is 0. The molecule has 0 fully saturated rings. The fraction of sp³-hybridized carbons (Fsp3) is 0. The maximum Gasteiger partial charge on any atom is 0.270 e. The topological polar surface area (TPSA) is 71.9 Å². The van der Waals surface area contributed by atoms with Gasteiger partial charge >= 0.3 is 0 Å². The summed E-state index contributed by atoms with van der Waals surface area (Å²) >= 11 is 6.20. The third kappa shape index (κ3) is 4.24. The fourth-order valence-corrected chi connectivity index (χ4v) is 3.19. The van der Waals surface area contributed by atoms with E-state index in [4.69, 9.17) is 16.0 Å². The number of furan rings is 1. The maximum absolute atomic E-state index is 10.9. The number of hydrazone groups is 1. The smallest absolute Gasteiger partial charge is 0.270 e. The van der Waals surface area contributed by atoms with Gasteiger partial charge in [0, 0.05) is 17.7 Å². The zero-order chi connectivity index (χ0) is 20.9. The molecule has 0 N–H and O–H groups in total. The number of anilines is 2. The van der Waals surface area contributed by atoms with Gasteiger partial charge in [-0.05, 0) is 42.5 Å². The average molecular weight is 418 g/mol. The Hall–Kier alpha value is -3.90. The monoisotopic (exact) mass is 417 g/mol. The standard InChI is InChI=1S/C23H16ClN3O3/c24-22-15-19(27(28)29)11-13-21(22)23-14-12-20(30-23)16-25-26(17-7-3-1-4-8-17)18-9-5-2-6-10-18/h1-16H. The number of rotatable bonds is 6. The molecule has 0 radical (unpaired) electrons. The lowest BCUT2D eigenvalue weighted by atomic mass is 10.1. The van der Waals surface area contributed by atoms with Crippen molar-refractivity contribution in [1.82, 2.24) is 0 Å². The molecule has 7 heteroatoms. The number of hydrogen-bond acceptors (Lipinski definition) is 5. The molecule has 30 heavy (non-hydrogen) atoms. The first-order valence-electron chi connectivity index (χ1n) is 9.10. The van der Waals surface area contributed by atoms with Gasteiger partial charge in [-0.2, -0.15) is 5.10 Å². The molecule has 6 nitrogen and oxygen atoms in total. The molecule has 3 aromatic carbocycles. The second-order valence-electron chi connectivity index (χ2n) is 6.35. The Labute approximate surface area is 177 Å². The second-order valence-corrected chi connectivity index (χ2v) is 6.76. The molecule has 4 rings (SSSR count). The summed E-state index contributed by atoms with van der Waals surface area (Å²) in [6.45, 7) is 0. The minimum Gasteiger partial charge on any atom is -0.455 e. The van der Waals surface area contributed by atoms with Crippen LogP contribution in [0, 0.1) is 10.1 Å². The van der Waals surface area contributed by atoms with Crippen LogP contribution in [0.3, 0.4) is 0 Å². The number of nitrogens with zero attached hydrogens (tertiary/aromatic N) is 3. The van der Waals surface area contributed by atoms with Gasteiger partial charge < -0.3 is 4.42 Å². The Morgan fingerprint density at radius 2 is 1.53 bits per heavy atom. The van der Waals surface area contributed by atoms with Gasteiger partial charge in [0.1, 0.15) is 11.5 Å². The summed E-state index contributed by atoms with van der Waals surface area (Å²) in [5, 5.41) is 17.5. The molecule has 0 bridgehead atoms. The Morgan fingerprint density at radius 3 is 2.10 bits per heavy atom. The summed E-state index contributed by atoms with van der Waals surface area (Å²) in [6, 6.07) is 27.3. The van der Waals surface area contributed by atoms with Crippen molar-refractivity contribution in [3.8, 4) is 11.3 Å². The zero-order valence-electron chi connectivity index (χ0n) is 15.7. The van der Waals surface area contributed by atoms with E-state index in [1.54, 1.807) is 29.4 Å². The first-order chi connectivity index (χ1) is 14.6. The Morgan fingerprint density at radius 1 is 0.900 bits per heavy atom. The molecule has 0 atom stereocenters. The fourth-order valence-electron chi connectivity index (χ4n) is 2.92. The molecular weight excluding hydrogens is 402 g/mol. The number of nitro groups is 1. The highest BCUT2D eigenvalue weighted by molar-refractivity contribution is 6.33. The SMILES string of the molecule is O=[N+]([O-])c1ccc(-c2ccc(C=NN(c3ccccc3)c3ccccc3)o2)c(Cl)c1. The molecule has 148 valence electrons. The van der Waals surface area contributed by atoms with E-state index in [2.05, 4.69) is 5.10 Å². The molecule has 0 amide bonds. The molecule has 0 saturated carbocycles. The number of halogens is 1. The summed E-state index contributed by atoms with van der Waals surface area (Å²) in [7, 11) is 0. The molecule has 0 spiro atoms. The normalized spacial score (nSPS) is 11.0. The summed E-state index contributed by atoms with van der Waals surface area (Å²) in [5.41, 5.74) is 2.32. The van der Waals surface area contributed by atoms with Crippen LogP contribution < -0.4 is 5.01 Å². The first kappa shape index (κ1) is 19.4. The lowest BCUT2D eigenvalue weighted by Crippen LogP contribution is -2.08. The summed E-state index contributed by atoms with van der Waals surface area (Å²) in [5.74, 6) is 1.03. The van der Waals surface area contributed by atoms with Crippen molar-refractivity contribution in [1.29, 1.82) is 0 Å². The predicted octanol–water partition coefficient (Wildman–Crippen LogP) is 6.68. The quantitative estimate of drug-likeness (QED) is 0.199. The molecule has 0 saturated heterocycles. The first-order valence-corrected chi connectivity index (χ1v) is 9.48. The molecule has 4 aromatic rings. The largest absolute Gasteiger partial charge is 0.455 e. The van der Waals surface area contributed by atoms with Crippen molar-refractivity contribution in [2.45, 2.75) is 0 Å². The van der Waals surface area contributed by atoms with Crippen LogP contribution in [-0.4, -0.2) is 11.1 Å². The van der Waals surface area contributed by atoms with E-state index in [9.17, 15) is 10.1 Å². The van der Waals surface area contributed by atoms with Gasteiger partial charge in [0.25, 0.3) is 5.69 Å². The van der Waals surface area contributed by atoms with E-state index < -0.39 is 4.92 Å². The van der Waals surface area contributed by atoms with Gasteiger partial charge in [-0.15, -0.1) is 0 Å². The summed E-state index contributed by atoms with van der Waals surface area (Å²) < 4.78 is 5.84. The van der Waals surface area contributed by atoms with Gasteiger partial charge in [0.15, 0.2) is 0 Å². The summed E-state index contributed by atoms with van der Waals surface area (Å²) in [6.07, 6.45) is 1.61. The number of benzene rings is 3. The predicted molar refractivity (Wildman–Crippen MR) is 118 cm³/mol. The molecule has 1 heterocycles. The molecule has 0 aliphatic rings. The van der Waals surface area contributed by atoms with Gasteiger partial charge in [-0.1, -0.05) is 48.0 Å². The van der Waals surface area contributed by atoms with E-state index in [1.807, 2.05) is 60.7 Å². The highest BCUT2D eigenvalue weighted by Gasteiger charge is 2.13. The van der Waals surface area contributed by atoms with Crippen molar-refractivity contribution in [3.63, 3.8) is 0 Å². The van der Waals surface area contributed by atoms with Crippen molar-refractivity contribution < 1.29 is 9.34 Å². The van der Waals surface area contributed by atoms with Gasteiger partial charge in [0.05, 0.1) is 27.5 Å². The van der Waals surface area contributed by atoms with Crippen molar-refractivity contribution in [2.24, 2.45) is 5.10 Å². The molecule has 0 aliphatic heterocycles. The number of non-ortho nitro benzene ring substituents is 1.